The smallest absolute Gasteiger partial charge is 0.259 e. The number of aromatic nitrogens is 3. The van der Waals surface area contributed by atoms with Gasteiger partial charge in [-0.15, -0.1) is 11.3 Å². The Labute approximate surface area is 376 Å². The lowest BCUT2D eigenvalue weighted by Gasteiger charge is -2.37. The molecule has 2 N–H and O–H groups in total. The highest BCUT2D eigenvalue weighted by molar-refractivity contribution is 7.10. The van der Waals surface area contributed by atoms with Crippen LogP contribution in [0.1, 0.15) is 102 Å². The summed E-state index contributed by atoms with van der Waals surface area (Å²) in [6.07, 6.45) is 9.18. The van der Waals surface area contributed by atoms with Gasteiger partial charge in [-0.1, -0.05) is 46.8 Å². The average Bonchev–Trinajstić information content (AvgIpc) is 4.03. The number of fused-ring (bicyclic) bond motifs is 6. The van der Waals surface area contributed by atoms with E-state index >= 15 is 0 Å². The number of thiazole rings is 1. The van der Waals surface area contributed by atoms with Crippen molar-refractivity contribution < 1.29 is 23.9 Å². The number of hydrogen-bond acceptors (Lipinski definition) is 9. The summed E-state index contributed by atoms with van der Waals surface area (Å²) >= 11 is 1.48. The lowest BCUT2D eigenvalue weighted by molar-refractivity contribution is -0.146. The number of benzene rings is 1. The predicted molar refractivity (Wildman–Crippen MR) is 248 cm³/mol. The molecule has 2 fully saturated rings. The Kier molecular flexibility index (Phi) is 14.2. The molecule has 6 bridgehead atoms. The zero-order chi connectivity index (χ0) is 45.2. The van der Waals surface area contributed by atoms with Gasteiger partial charge in [0.25, 0.3) is 5.91 Å². The molecule has 63 heavy (non-hydrogen) atoms. The van der Waals surface area contributed by atoms with Crippen LogP contribution in [-0.2, 0) is 43.3 Å². The molecule has 0 saturated carbocycles. The summed E-state index contributed by atoms with van der Waals surface area (Å²) in [5.74, 6) is -1.68. The van der Waals surface area contributed by atoms with Gasteiger partial charge in [-0.05, 0) is 99.6 Å². The standard InChI is InChI=1S/C49H66N8O5S/c1-10-42(58)55-24-20-33(28-55)47(60)54(8)44(30(3)4)46(59)52-38-26-41-51-39(29-63-41)32-18-19-40-36(25-32)37(45(56(40)11-2)35-17-13-22-50-43(35)31(5)62-9)27-49(6,7)21-12-15-34-16-14-23-57(53-34)48(38)61/h10,13,17-19,22,25,29-31,33-34,38,44,53H,1,11-12,14-16,20-21,23-24,26-28H2,2-9H3,(H,52,59)/t31-,33-,34+,38-,44-/m0/s1. The first-order chi connectivity index (χ1) is 30.1. The highest BCUT2D eigenvalue weighted by Gasteiger charge is 2.39. The summed E-state index contributed by atoms with van der Waals surface area (Å²) in [5.41, 5.74) is 10.9. The van der Waals surface area contributed by atoms with Crippen LogP contribution < -0.4 is 10.7 Å². The van der Waals surface area contributed by atoms with Crippen LogP contribution in [0.4, 0.5) is 0 Å². The summed E-state index contributed by atoms with van der Waals surface area (Å²) in [6, 6.07) is 9.16. The molecule has 13 nitrogen and oxygen atoms in total. The molecule has 338 valence electrons. The molecule has 4 aromatic rings. The van der Waals surface area contributed by atoms with Crippen molar-refractivity contribution in [2.75, 3.05) is 33.8 Å². The molecular weight excluding hydrogens is 813 g/mol. The minimum Gasteiger partial charge on any atom is -0.375 e. The topological polar surface area (TPSA) is 142 Å². The fraction of sp³-hybridized carbons (Fsp3) is 0.551. The van der Waals surface area contributed by atoms with Crippen molar-refractivity contribution in [1.29, 1.82) is 0 Å². The highest BCUT2D eigenvalue weighted by atomic mass is 32.1. The second kappa shape index (κ2) is 19.4. The van der Waals surface area contributed by atoms with Crippen molar-refractivity contribution in [1.82, 2.24) is 40.1 Å². The third-order valence-electron chi connectivity index (χ3n) is 13.4. The van der Waals surface area contributed by atoms with Gasteiger partial charge in [-0.25, -0.2) is 10.4 Å². The number of likely N-dealkylation sites (tertiary alicyclic amines) is 1. The summed E-state index contributed by atoms with van der Waals surface area (Å²) < 4.78 is 8.27. The summed E-state index contributed by atoms with van der Waals surface area (Å²) in [4.78, 5) is 68.3. The number of rotatable bonds is 10. The van der Waals surface area contributed by atoms with Crippen molar-refractivity contribution in [3.05, 3.63) is 70.8 Å². The minimum absolute atomic E-state index is 0.0483. The fourth-order valence-electron chi connectivity index (χ4n) is 10.1. The molecule has 2 saturated heterocycles. The molecule has 3 aromatic heterocycles. The van der Waals surface area contributed by atoms with Gasteiger partial charge in [-0.2, -0.15) is 0 Å². The quantitative estimate of drug-likeness (QED) is 0.158. The molecular formula is C49H66N8O5S. The van der Waals surface area contributed by atoms with Crippen LogP contribution in [0.15, 0.2) is 54.6 Å². The van der Waals surface area contributed by atoms with Crippen molar-refractivity contribution in [3.63, 3.8) is 0 Å². The molecule has 4 amide bonds. The molecule has 5 atom stereocenters. The Hall–Kier alpha value is -4.92. The zero-order valence-electron chi connectivity index (χ0n) is 38.4. The van der Waals surface area contributed by atoms with Gasteiger partial charge in [0.2, 0.25) is 17.7 Å². The van der Waals surface area contributed by atoms with E-state index in [0.29, 0.717) is 19.5 Å². The number of carbonyl (C=O) groups excluding carboxylic acids is 4. The van der Waals surface area contributed by atoms with E-state index in [4.69, 9.17) is 14.7 Å². The maximum atomic E-state index is 14.6. The maximum absolute atomic E-state index is 14.6. The van der Waals surface area contributed by atoms with E-state index in [0.717, 1.165) is 78.1 Å². The van der Waals surface area contributed by atoms with Crippen LogP contribution in [0.2, 0.25) is 0 Å². The molecule has 3 aliphatic heterocycles. The second-order valence-electron chi connectivity index (χ2n) is 18.8. The molecule has 0 radical (unpaired) electrons. The van der Waals surface area contributed by atoms with Gasteiger partial charge in [0.15, 0.2) is 0 Å². The van der Waals surface area contributed by atoms with Gasteiger partial charge in [0.1, 0.15) is 12.1 Å². The summed E-state index contributed by atoms with van der Waals surface area (Å²) in [7, 11) is 3.38. The Balaban J connectivity index is 1.25. The lowest BCUT2D eigenvalue weighted by Crippen LogP contribution is -2.61. The monoisotopic (exact) mass is 878 g/mol. The van der Waals surface area contributed by atoms with E-state index in [-0.39, 0.29) is 54.2 Å². The third-order valence-corrected chi connectivity index (χ3v) is 14.3. The normalized spacial score (nSPS) is 21.5. The predicted octanol–water partition coefficient (Wildman–Crippen LogP) is 7.35. The van der Waals surface area contributed by atoms with Gasteiger partial charge in [0.05, 0.1) is 34.1 Å². The largest absolute Gasteiger partial charge is 0.375 e. The van der Waals surface area contributed by atoms with E-state index < -0.39 is 23.9 Å². The van der Waals surface area contributed by atoms with Crippen molar-refractivity contribution in [3.8, 4) is 22.5 Å². The molecule has 7 rings (SSSR count). The first-order valence-electron chi connectivity index (χ1n) is 22.8. The number of hydrogen-bond donors (Lipinski definition) is 2. The summed E-state index contributed by atoms with van der Waals surface area (Å²) in [6.45, 7) is 18.4. The van der Waals surface area contributed by atoms with Crippen molar-refractivity contribution in [2.45, 2.75) is 124 Å². The Morgan fingerprint density at radius 2 is 1.90 bits per heavy atom. The summed E-state index contributed by atoms with van der Waals surface area (Å²) in [5, 5.41) is 8.78. The average molecular weight is 879 g/mol. The van der Waals surface area contributed by atoms with E-state index in [9.17, 15) is 19.2 Å². The van der Waals surface area contributed by atoms with E-state index in [1.165, 1.54) is 39.0 Å². The maximum Gasteiger partial charge on any atom is 0.259 e. The number of carbonyl (C=O) groups is 4. The third kappa shape index (κ3) is 9.78. The van der Waals surface area contributed by atoms with Crippen molar-refractivity contribution in [2.24, 2.45) is 17.3 Å². The Morgan fingerprint density at radius 3 is 2.63 bits per heavy atom. The van der Waals surface area contributed by atoms with Crippen LogP contribution in [0.25, 0.3) is 33.4 Å². The number of ether oxygens (including phenoxy) is 1. The molecule has 0 aliphatic carbocycles. The van der Waals surface area contributed by atoms with Crippen molar-refractivity contribution >= 4 is 45.9 Å². The highest BCUT2D eigenvalue weighted by Crippen LogP contribution is 2.43. The second-order valence-corrected chi connectivity index (χ2v) is 19.8. The Bertz CT molecular complexity index is 2330. The first-order valence-corrected chi connectivity index (χ1v) is 23.7. The van der Waals surface area contributed by atoms with Crippen LogP contribution in [0.5, 0.6) is 0 Å². The minimum atomic E-state index is -0.920. The number of methoxy groups -OCH3 is 1. The lowest BCUT2D eigenvalue weighted by atomic mass is 9.79. The van der Waals surface area contributed by atoms with Crippen LogP contribution in [-0.4, -0.2) is 105 Å². The number of nitrogens with zero attached hydrogens (tertiary/aromatic N) is 6. The van der Waals surface area contributed by atoms with E-state index in [1.807, 2.05) is 38.4 Å². The number of aryl methyl sites for hydroxylation is 1. The van der Waals surface area contributed by atoms with Gasteiger partial charge >= 0.3 is 0 Å². The van der Waals surface area contributed by atoms with Gasteiger partial charge < -0.3 is 24.4 Å². The van der Waals surface area contributed by atoms with Crippen LogP contribution in [0, 0.1) is 17.3 Å². The van der Waals surface area contributed by atoms with Crippen LogP contribution >= 0.6 is 11.3 Å². The molecule has 14 heteroatoms. The van der Waals surface area contributed by atoms with Gasteiger partial charge in [0, 0.05) is 86.4 Å². The number of pyridine rings is 1. The molecule has 0 unspecified atom stereocenters. The number of hydrazine groups is 1. The molecule has 3 aliphatic rings. The number of likely N-dealkylation sites (N-methyl/N-ethyl adjacent to an activating group) is 1. The number of nitrogens with one attached hydrogen (secondary N) is 2. The SMILES string of the molecule is C=CC(=O)N1CC[C@H](C(=O)N(C)[C@H](C(=O)N[C@H]2Cc3nc(cs3)-c3ccc4c(c3)c(c(-c3cccnc3[C@H](C)OC)n4CC)CC(C)(C)CCC[C@@H]3CCCN(N3)C2=O)C(C)C)C1. The molecule has 6 heterocycles. The Morgan fingerprint density at radius 1 is 1.13 bits per heavy atom. The zero-order valence-corrected chi connectivity index (χ0v) is 39.2. The van der Waals surface area contributed by atoms with Crippen LogP contribution in [0.3, 0.4) is 0 Å². The molecule has 1 aromatic carbocycles. The first kappa shape index (κ1) is 46.1. The van der Waals surface area contributed by atoms with E-state index in [1.54, 1.807) is 24.1 Å². The van der Waals surface area contributed by atoms with E-state index in [2.05, 4.69) is 66.9 Å². The number of amides is 4. The molecule has 0 spiro atoms. The van der Waals surface area contributed by atoms with Gasteiger partial charge in [-0.3, -0.25) is 29.2 Å². The fourth-order valence-corrected chi connectivity index (χ4v) is 10.9.